The molecule has 1 rings (SSSR count). The van der Waals surface area contributed by atoms with E-state index in [1.807, 2.05) is 0 Å². The van der Waals surface area contributed by atoms with Gasteiger partial charge >= 0.3 is 0 Å². The van der Waals surface area contributed by atoms with E-state index in [2.05, 4.69) is 66.0 Å². The second kappa shape index (κ2) is 15.5. The molecule has 0 aliphatic carbocycles. The number of hydrogen-bond donors (Lipinski definition) is 1. The predicted octanol–water partition coefficient (Wildman–Crippen LogP) is 2.87. The Labute approximate surface area is 170 Å². The maximum Gasteiger partial charge on any atom is 0.194 e. The Balaban J connectivity index is 0.00000576. The van der Waals surface area contributed by atoms with Crippen LogP contribution >= 0.6 is 24.0 Å². The zero-order valence-corrected chi connectivity index (χ0v) is 18.5. The molecule has 0 aliphatic heterocycles. The number of aliphatic imine (C=N–C) groups is 1. The van der Waals surface area contributed by atoms with Gasteiger partial charge in [-0.3, -0.25) is 4.99 Å². The molecule has 7 heteroatoms. The molecule has 6 nitrogen and oxygen atoms in total. The summed E-state index contributed by atoms with van der Waals surface area (Å²) in [4.78, 5) is 6.76. The fourth-order valence-corrected chi connectivity index (χ4v) is 2.23. The van der Waals surface area contributed by atoms with Gasteiger partial charge in [0, 0.05) is 39.1 Å². The lowest BCUT2D eigenvalue weighted by Crippen LogP contribution is -2.39. The van der Waals surface area contributed by atoms with Crippen LogP contribution in [0.1, 0.15) is 32.4 Å². The van der Waals surface area contributed by atoms with E-state index in [1.165, 1.54) is 12.1 Å². The average molecular weight is 466 g/mol. The standard InChI is InChI=1S/C18H34N4O2.HI/c1-5-7-12-23-14-15-24-13-10-20-18(19-6-2)22(4)16-17-9-8-11-21(17)3;/h8-9,11H,5-7,10,12-16H2,1-4H3,(H,19,20);1H. The zero-order valence-electron chi connectivity index (χ0n) is 16.2. The van der Waals surface area contributed by atoms with Crippen molar-refractivity contribution < 1.29 is 9.47 Å². The third-order valence-electron chi connectivity index (χ3n) is 3.66. The van der Waals surface area contributed by atoms with Gasteiger partial charge in [-0.1, -0.05) is 13.3 Å². The van der Waals surface area contributed by atoms with Crippen LogP contribution < -0.4 is 5.32 Å². The van der Waals surface area contributed by atoms with Gasteiger partial charge in [-0.2, -0.15) is 0 Å². The second-order valence-corrected chi connectivity index (χ2v) is 5.78. The number of ether oxygens (including phenoxy) is 2. The Hall–Kier alpha value is -0.800. The van der Waals surface area contributed by atoms with Crippen LogP contribution in [-0.4, -0.2) is 62.0 Å². The van der Waals surface area contributed by atoms with E-state index >= 15 is 0 Å². The highest BCUT2D eigenvalue weighted by atomic mass is 127. The Morgan fingerprint density at radius 1 is 1.20 bits per heavy atom. The van der Waals surface area contributed by atoms with Gasteiger partial charge in [0.2, 0.25) is 0 Å². The third kappa shape index (κ3) is 10.7. The quantitative estimate of drug-likeness (QED) is 0.223. The molecule has 0 radical (unpaired) electrons. The largest absolute Gasteiger partial charge is 0.379 e. The molecule has 0 amide bonds. The molecule has 0 aromatic carbocycles. The number of aryl methyl sites for hydroxylation is 1. The molecule has 0 saturated heterocycles. The first-order chi connectivity index (χ1) is 11.7. The lowest BCUT2D eigenvalue weighted by Gasteiger charge is -2.22. The van der Waals surface area contributed by atoms with E-state index in [0.29, 0.717) is 26.4 Å². The highest BCUT2D eigenvalue weighted by Crippen LogP contribution is 2.03. The number of unbranched alkanes of at least 4 members (excludes halogenated alkanes) is 1. The van der Waals surface area contributed by atoms with Crippen LogP contribution in [0.5, 0.6) is 0 Å². The first-order valence-corrected chi connectivity index (χ1v) is 8.94. The summed E-state index contributed by atoms with van der Waals surface area (Å²) in [5.74, 6) is 0.904. The molecular weight excluding hydrogens is 431 g/mol. The summed E-state index contributed by atoms with van der Waals surface area (Å²) >= 11 is 0. The maximum absolute atomic E-state index is 5.56. The van der Waals surface area contributed by atoms with Gasteiger partial charge in [-0.15, -0.1) is 24.0 Å². The van der Waals surface area contributed by atoms with E-state index in [0.717, 1.165) is 32.1 Å². The van der Waals surface area contributed by atoms with Gasteiger partial charge in [0.15, 0.2) is 5.96 Å². The van der Waals surface area contributed by atoms with Crippen LogP contribution in [0.25, 0.3) is 0 Å². The molecule has 1 heterocycles. The smallest absolute Gasteiger partial charge is 0.194 e. The molecule has 0 aliphatic rings. The number of hydrogen-bond acceptors (Lipinski definition) is 3. The van der Waals surface area contributed by atoms with Crippen LogP contribution in [-0.2, 0) is 23.1 Å². The lowest BCUT2D eigenvalue weighted by molar-refractivity contribution is 0.0497. The number of aromatic nitrogens is 1. The Morgan fingerprint density at radius 2 is 1.92 bits per heavy atom. The third-order valence-corrected chi connectivity index (χ3v) is 3.66. The minimum absolute atomic E-state index is 0. The zero-order chi connectivity index (χ0) is 17.6. The number of rotatable bonds is 12. The average Bonchev–Trinajstić information content (AvgIpc) is 2.97. The van der Waals surface area contributed by atoms with Gasteiger partial charge in [0.05, 0.1) is 32.9 Å². The van der Waals surface area contributed by atoms with Crippen molar-refractivity contribution in [2.24, 2.45) is 12.0 Å². The molecular formula is C18H35IN4O2. The van der Waals surface area contributed by atoms with Crippen molar-refractivity contribution in [2.75, 3.05) is 46.6 Å². The fourth-order valence-electron chi connectivity index (χ4n) is 2.23. The summed E-state index contributed by atoms with van der Waals surface area (Å²) in [6.45, 7) is 9.30. The SMILES string of the molecule is CCCCOCCOCCN=C(NCC)N(C)Cc1cccn1C.I. The van der Waals surface area contributed by atoms with Crippen molar-refractivity contribution >= 4 is 29.9 Å². The first kappa shape index (κ1) is 24.2. The van der Waals surface area contributed by atoms with Crippen molar-refractivity contribution in [1.82, 2.24) is 14.8 Å². The molecule has 0 fully saturated rings. The predicted molar refractivity (Wildman–Crippen MR) is 115 cm³/mol. The van der Waals surface area contributed by atoms with Crippen molar-refractivity contribution in [1.29, 1.82) is 0 Å². The number of nitrogens with one attached hydrogen (secondary N) is 1. The molecule has 0 atom stereocenters. The first-order valence-electron chi connectivity index (χ1n) is 8.94. The van der Waals surface area contributed by atoms with E-state index < -0.39 is 0 Å². The van der Waals surface area contributed by atoms with Crippen molar-refractivity contribution in [3.63, 3.8) is 0 Å². The number of halogens is 1. The second-order valence-electron chi connectivity index (χ2n) is 5.78. The molecule has 0 bridgehead atoms. The Morgan fingerprint density at radius 3 is 2.52 bits per heavy atom. The van der Waals surface area contributed by atoms with Gasteiger partial charge in [-0.25, -0.2) is 0 Å². The number of guanidine groups is 1. The monoisotopic (exact) mass is 466 g/mol. The summed E-state index contributed by atoms with van der Waals surface area (Å²) in [6, 6.07) is 4.19. The summed E-state index contributed by atoms with van der Waals surface area (Å²) in [6.07, 6.45) is 4.34. The molecule has 0 spiro atoms. The summed E-state index contributed by atoms with van der Waals surface area (Å²) < 4.78 is 13.2. The van der Waals surface area contributed by atoms with Crippen LogP contribution in [0.4, 0.5) is 0 Å². The van der Waals surface area contributed by atoms with Gasteiger partial charge in [-0.05, 0) is 25.5 Å². The van der Waals surface area contributed by atoms with Crippen LogP contribution in [0, 0.1) is 0 Å². The van der Waals surface area contributed by atoms with E-state index in [9.17, 15) is 0 Å². The van der Waals surface area contributed by atoms with Crippen molar-refractivity contribution in [3.05, 3.63) is 24.0 Å². The molecule has 1 aromatic rings. The maximum atomic E-state index is 5.56. The minimum Gasteiger partial charge on any atom is -0.379 e. The highest BCUT2D eigenvalue weighted by Gasteiger charge is 2.07. The van der Waals surface area contributed by atoms with Crippen LogP contribution in [0.2, 0.25) is 0 Å². The van der Waals surface area contributed by atoms with Gasteiger partial charge in [0.25, 0.3) is 0 Å². The number of nitrogens with zero attached hydrogens (tertiary/aromatic N) is 3. The highest BCUT2D eigenvalue weighted by molar-refractivity contribution is 14.0. The summed E-state index contributed by atoms with van der Waals surface area (Å²) in [7, 11) is 4.11. The van der Waals surface area contributed by atoms with E-state index in [1.54, 1.807) is 0 Å². The Bertz CT molecular complexity index is 466. The van der Waals surface area contributed by atoms with Crippen LogP contribution in [0.3, 0.4) is 0 Å². The molecule has 1 aromatic heterocycles. The van der Waals surface area contributed by atoms with Gasteiger partial charge in [0.1, 0.15) is 0 Å². The molecule has 0 saturated carbocycles. The van der Waals surface area contributed by atoms with E-state index in [-0.39, 0.29) is 24.0 Å². The lowest BCUT2D eigenvalue weighted by atomic mass is 10.4. The molecule has 0 unspecified atom stereocenters. The molecule has 25 heavy (non-hydrogen) atoms. The molecule has 1 N–H and O–H groups in total. The molecule has 146 valence electrons. The Kier molecular flexibility index (Phi) is 15.0. The minimum atomic E-state index is 0. The van der Waals surface area contributed by atoms with Crippen LogP contribution in [0.15, 0.2) is 23.3 Å². The fraction of sp³-hybridized carbons (Fsp3) is 0.722. The van der Waals surface area contributed by atoms with Crippen molar-refractivity contribution in [2.45, 2.75) is 33.2 Å². The van der Waals surface area contributed by atoms with E-state index in [4.69, 9.17) is 9.47 Å². The van der Waals surface area contributed by atoms with Crippen molar-refractivity contribution in [3.8, 4) is 0 Å². The van der Waals surface area contributed by atoms with Gasteiger partial charge < -0.3 is 24.3 Å². The topological polar surface area (TPSA) is 51.0 Å². The normalized spacial score (nSPS) is 11.3. The summed E-state index contributed by atoms with van der Waals surface area (Å²) in [5.41, 5.74) is 1.25. The summed E-state index contributed by atoms with van der Waals surface area (Å²) in [5, 5.41) is 3.33.